The van der Waals surface area contributed by atoms with Gasteiger partial charge in [0.05, 0.1) is 11.7 Å². The Kier molecular flexibility index (Phi) is 2.95. The van der Waals surface area contributed by atoms with Gasteiger partial charge in [-0.1, -0.05) is 36.4 Å². The van der Waals surface area contributed by atoms with E-state index in [4.69, 9.17) is 5.41 Å². The van der Waals surface area contributed by atoms with Crippen LogP contribution in [0, 0.1) is 12.3 Å². The van der Waals surface area contributed by atoms with Crippen LogP contribution >= 0.6 is 0 Å². The van der Waals surface area contributed by atoms with E-state index in [9.17, 15) is 0 Å². The number of hydrogen-bond acceptors (Lipinski definition) is 2. The first-order valence-corrected chi connectivity index (χ1v) is 5.10. The summed E-state index contributed by atoms with van der Waals surface area (Å²) < 4.78 is 0. The summed E-state index contributed by atoms with van der Waals surface area (Å²) in [5.41, 5.74) is 4.22. The quantitative estimate of drug-likeness (QED) is 0.723. The van der Waals surface area contributed by atoms with Crippen molar-refractivity contribution in [3.63, 3.8) is 0 Å². The predicted octanol–water partition coefficient (Wildman–Crippen LogP) is 4.05. The fourth-order valence-electron chi connectivity index (χ4n) is 1.65. The van der Waals surface area contributed by atoms with Crippen LogP contribution in [0.3, 0.4) is 0 Å². The SMILES string of the molecule is Cc1cc(-c2ccccc2)ccc1N=C=N. The highest BCUT2D eigenvalue weighted by atomic mass is 14.7. The highest BCUT2D eigenvalue weighted by Crippen LogP contribution is 2.25. The largest absolute Gasteiger partial charge is 0.241 e. The van der Waals surface area contributed by atoms with Crippen molar-refractivity contribution in [2.45, 2.75) is 6.92 Å². The second kappa shape index (κ2) is 4.56. The minimum absolute atomic E-state index is 0.801. The van der Waals surface area contributed by atoms with E-state index in [1.165, 1.54) is 11.1 Å². The monoisotopic (exact) mass is 208 g/mol. The third-order valence-corrected chi connectivity index (χ3v) is 2.48. The Balaban J connectivity index is 2.46. The third-order valence-electron chi connectivity index (χ3n) is 2.48. The van der Waals surface area contributed by atoms with Crippen LogP contribution in [-0.2, 0) is 0 Å². The Morgan fingerprint density at radius 3 is 2.38 bits per heavy atom. The van der Waals surface area contributed by atoms with Gasteiger partial charge in [-0.15, -0.1) is 0 Å². The van der Waals surface area contributed by atoms with Crippen LogP contribution in [0.15, 0.2) is 53.5 Å². The zero-order valence-corrected chi connectivity index (χ0v) is 9.07. The molecule has 0 heterocycles. The normalized spacial score (nSPS) is 9.56. The molecule has 16 heavy (non-hydrogen) atoms. The average molecular weight is 208 g/mol. The zero-order chi connectivity index (χ0) is 11.4. The molecule has 0 atom stereocenters. The van der Waals surface area contributed by atoms with Gasteiger partial charge in [0.15, 0.2) is 0 Å². The van der Waals surface area contributed by atoms with E-state index in [1.807, 2.05) is 37.3 Å². The molecule has 78 valence electrons. The maximum absolute atomic E-state index is 6.84. The molecule has 0 saturated heterocycles. The van der Waals surface area contributed by atoms with Gasteiger partial charge in [0.1, 0.15) is 0 Å². The average Bonchev–Trinajstić information content (AvgIpc) is 2.33. The van der Waals surface area contributed by atoms with Gasteiger partial charge in [0.2, 0.25) is 0 Å². The van der Waals surface area contributed by atoms with Crippen molar-refractivity contribution < 1.29 is 0 Å². The molecule has 2 aromatic rings. The van der Waals surface area contributed by atoms with Crippen molar-refractivity contribution in [1.82, 2.24) is 0 Å². The summed E-state index contributed by atoms with van der Waals surface area (Å²) in [6, 6.07) is 18.3. The van der Waals surface area contributed by atoms with E-state index in [-0.39, 0.29) is 0 Å². The fraction of sp³-hybridized carbons (Fsp3) is 0.0714. The Morgan fingerprint density at radius 2 is 1.75 bits per heavy atom. The van der Waals surface area contributed by atoms with Crippen molar-refractivity contribution in [1.29, 1.82) is 5.41 Å². The highest BCUT2D eigenvalue weighted by Gasteiger charge is 2.00. The van der Waals surface area contributed by atoms with Crippen molar-refractivity contribution in [3.8, 4) is 11.1 Å². The summed E-state index contributed by atoms with van der Waals surface area (Å²) in [5, 5.41) is 6.84. The van der Waals surface area contributed by atoms with Crippen molar-refractivity contribution in [2.24, 2.45) is 4.99 Å². The summed E-state index contributed by atoms with van der Waals surface area (Å²) in [7, 11) is 0. The Hall–Kier alpha value is -2.18. The Bertz CT molecular complexity index is 538. The number of nitrogens with zero attached hydrogens (tertiary/aromatic N) is 1. The first-order valence-electron chi connectivity index (χ1n) is 5.10. The molecular weight excluding hydrogens is 196 g/mol. The van der Waals surface area contributed by atoms with E-state index in [1.54, 1.807) is 0 Å². The van der Waals surface area contributed by atoms with Crippen LogP contribution in [-0.4, -0.2) is 6.01 Å². The van der Waals surface area contributed by atoms with Crippen molar-refractivity contribution in [3.05, 3.63) is 54.1 Å². The van der Waals surface area contributed by atoms with Crippen molar-refractivity contribution >= 4 is 11.7 Å². The molecule has 0 radical (unpaired) electrons. The lowest BCUT2D eigenvalue weighted by atomic mass is 10.0. The summed E-state index contributed by atoms with van der Waals surface area (Å²) >= 11 is 0. The molecule has 0 aliphatic rings. The Morgan fingerprint density at radius 1 is 1.00 bits per heavy atom. The first-order chi connectivity index (χ1) is 7.81. The fourth-order valence-corrected chi connectivity index (χ4v) is 1.65. The molecule has 0 amide bonds. The van der Waals surface area contributed by atoms with Gasteiger partial charge in [-0.2, -0.15) is 4.99 Å². The molecule has 2 rings (SSSR count). The van der Waals surface area contributed by atoms with Gasteiger partial charge in [-0.3, -0.25) is 0 Å². The maximum atomic E-state index is 6.84. The number of aliphatic imine (C=N–C) groups is 1. The Labute approximate surface area is 94.8 Å². The summed E-state index contributed by atoms with van der Waals surface area (Å²) in [6.07, 6.45) is 0. The van der Waals surface area contributed by atoms with Gasteiger partial charge in [0, 0.05) is 0 Å². The number of aryl methyl sites for hydroxylation is 1. The predicted molar refractivity (Wildman–Crippen MR) is 66.4 cm³/mol. The van der Waals surface area contributed by atoms with Crippen LogP contribution in [0.5, 0.6) is 0 Å². The molecule has 0 aliphatic heterocycles. The highest BCUT2D eigenvalue weighted by molar-refractivity contribution is 5.68. The van der Waals surface area contributed by atoms with Gasteiger partial charge in [-0.25, -0.2) is 5.41 Å². The van der Waals surface area contributed by atoms with Crippen LogP contribution in [0.25, 0.3) is 11.1 Å². The zero-order valence-electron chi connectivity index (χ0n) is 9.07. The number of rotatable bonds is 2. The molecule has 1 N–H and O–H groups in total. The third kappa shape index (κ3) is 2.08. The second-order valence-electron chi connectivity index (χ2n) is 3.59. The first kappa shape index (κ1) is 10.3. The lowest BCUT2D eigenvalue weighted by Crippen LogP contribution is -1.80. The molecule has 2 aromatic carbocycles. The lowest BCUT2D eigenvalue weighted by Gasteiger charge is -2.04. The lowest BCUT2D eigenvalue weighted by molar-refractivity contribution is 1.39. The molecule has 0 unspecified atom stereocenters. The number of benzene rings is 2. The minimum atomic E-state index is 0.801. The van der Waals surface area contributed by atoms with E-state index < -0.39 is 0 Å². The summed E-state index contributed by atoms with van der Waals surface area (Å²) in [6.45, 7) is 1.99. The molecular formula is C14H12N2. The van der Waals surface area contributed by atoms with Crippen molar-refractivity contribution in [2.75, 3.05) is 0 Å². The molecule has 0 bridgehead atoms. The molecule has 0 aromatic heterocycles. The van der Waals surface area contributed by atoms with Crippen LogP contribution in [0.2, 0.25) is 0 Å². The van der Waals surface area contributed by atoms with Crippen LogP contribution in [0.1, 0.15) is 5.56 Å². The van der Waals surface area contributed by atoms with Crippen LogP contribution in [0.4, 0.5) is 5.69 Å². The van der Waals surface area contributed by atoms with Gasteiger partial charge >= 0.3 is 0 Å². The van der Waals surface area contributed by atoms with Gasteiger partial charge in [0.25, 0.3) is 0 Å². The molecule has 2 nitrogen and oxygen atoms in total. The van der Waals surface area contributed by atoms with E-state index >= 15 is 0 Å². The number of hydrogen-bond donors (Lipinski definition) is 1. The molecule has 0 spiro atoms. The van der Waals surface area contributed by atoms with E-state index in [0.29, 0.717) is 0 Å². The van der Waals surface area contributed by atoms with E-state index in [2.05, 4.69) is 29.2 Å². The summed E-state index contributed by atoms with van der Waals surface area (Å²) in [4.78, 5) is 3.86. The van der Waals surface area contributed by atoms with E-state index in [0.717, 1.165) is 11.3 Å². The second-order valence-corrected chi connectivity index (χ2v) is 3.59. The topological polar surface area (TPSA) is 36.2 Å². The smallest absolute Gasteiger partial charge is 0.0918 e. The molecule has 0 saturated carbocycles. The minimum Gasteiger partial charge on any atom is -0.241 e. The van der Waals surface area contributed by atoms with Gasteiger partial charge in [-0.05, 0) is 35.7 Å². The van der Waals surface area contributed by atoms with Gasteiger partial charge < -0.3 is 0 Å². The summed E-state index contributed by atoms with van der Waals surface area (Å²) in [5.74, 6) is 0. The molecule has 0 fully saturated rings. The standard InChI is InChI=1S/C14H12N2/c1-11-9-13(7-8-14(11)16-10-15)12-5-3-2-4-6-12/h2-9,15H,1H3. The maximum Gasteiger partial charge on any atom is 0.0918 e. The number of nitrogens with one attached hydrogen (secondary N) is 1. The van der Waals surface area contributed by atoms with Crippen LogP contribution < -0.4 is 0 Å². The molecule has 0 aliphatic carbocycles. The molecule has 2 heteroatoms.